The van der Waals surface area contributed by atoms with Gasteiger partial charge in [0.1, 0.15) is 24.3 Å². The summed E-state index contributed by atoms with van der Waals surface area (Å²) in [4.78, 5) is 16.6. The first-order valence-corrected chi connectivity index (χ1v) is 10.3. The molecule has 1 aromatic rings. The van der Waals surface area contributed by atoms with Crippen LogP contribution in [-0.2, 0) is 4.79 Å². The first-order valence-electron chi connectivity index (χ1n) is 10.3. The zero-order chi connectivity index (χ0) is 19.9. The summed E-state index contributed by atoms with van der Waals surface area (Å²) >= 11 is 0. The molecular formula is C21H31FN5O+. The molecule has 0 aliphatic carbocycles. The SMILES string of the molecule is CC[N+]1(CNC2=CN(c3ccc(F)cc3)C3N2CC(=O)NC3(C)C)CCCC1. The van der Waals surface area contributed by atoms with Gasteiger partial charge in [0, 0.05) is 24.7 Å². The molecule has 2 N–H and O–H groups in total. The molecular weight excluding hydrogens is 357 g/mol. The minimum Gasteiger partial charge on any atom is -0.346 e. The predicted molar refractivity (Wildman–Crippen MR) is 107 cm³/mol. The summed E-state index contributed by atoms with van der Waals surface area (Å²) in [5.74, 6) is 0.743. The van der Waals surface area contributed by atoms with Crippen LogP contribution < -0.4 is 15.5 Å². The van der Waals surface area contributed by atoms with Gasteiger partial charge in [-0.1, -0.05) is 0 Å². The van der Waals surface area contributed by atoms with Gasteiger partial charge in [0.25, 0.3) is 0 Å². The third kappa shape index (κ3) is 3.32. The summed E-state index contributed by atoms with van der Waals surface area (Å²) in [6.07, 6.45) is 4.56. The molecule has 2 fully saturated rings. The lowest BCUT2D eigenvalue weighted by Crippen LogP contribution is -2.69. The number of likely N-dealkylation sites (tertiary alicyclic amines) is 1. The Morgan fingerprint density at radius 2 is 1.93 bits per heavy atom. The standard InChI is InChI=1S/C21H30FN5O/c1-4-27(11-5-6-12-27)15-23-18-13-25(17-9-7-16(22)8-10-17)20-21(2,3)24-19(28)14-26(18)20/h7-10,13,20,23H,4-6,11-12,14-15H2,1-3H3/p+1. The van der Waals surface area contributed by atoms with Gasteiger partial charge in [-0.25, -0.2) is 4.39 Å². The van der Waals surface area contributed by atoms with E-state index in [2.05, 4.69) is 33.6 Å². The lowest BCUT2D eigenvalue weighted by molar-refractivity contribution is -0.917. The van der Waals surface area contributed by atoms with Crippen LogP contribution in [0.3, 0.4) is 0 Å². The lowest BCUT2D eigenvalue weighted by atomic mass is 9.96. The largest absolute Gasteiger partial charge is 0.346 e. The van der Waals surface area contributed by atoms with Gasteiger partial charge < -0.3 is 24.9 Å². The molecule has 3 aliphatic rings. The molecule has 1 amide bonds. The maximum atomic E-state index is 13.4. The van der Waals surface area contributed by atoms with Gasteiger partial charge in [-0.3, -0.25) is 4.79 Å². The highest BCUT2D eigenvalue weighted by molar-refractivity contribution is 5.81. The van der Waals surface area contributed by atoms with Crippen LogP contribution in [0, 0.1) is 5.82 Å². The van der Waals surface area contributed by atoms with Gasteiger partial charge in [-0.05, 0) is 45.0 Å². The summed E-state index contributed by atoms with van der Waals surface area (Å²) in [5.41, 5.74) is 0.465. The maximum Gasteiger partial charge on any atom is 0.240 e. The van der Waals surface area contributed by atoms with Crippen LogP contribution in [0.1, 0.15) is 33.6 Å². The molecule has 0 saturated carbocycles. The van der Waals surface area contributed by atoms with Crippen molar-refractivity contribution in [2.75, 3.05) is 37.7 Å². The number of carbonyl (C=O) groups excluding carboxylic acids is 1. The quantitative estimate of drug-likeness (QED) is 0.759. The molecule has 4 rings (SSSR count). The number of carbonyl (C=O) groups is 1. The Morgan fingerprint density at radius 3 is 2.57 bits per heavy atom. The number of rotatable bonds is 5. The van der Waals surface area contributed by atoms with E-state index in [4.69, 9.17) is 0 Å². The highest BCUT2D eigenvalue weighted by Gasteiger charge is 2.48. The highest BCUT2D eigenvalue weighted by atomic mass is 19.1. The van der Waals surface area contributed by atoms with Crippen molar-refractivity contribution < 1.29 is 13.7 Å². The molecule has 6 nitrogen and oxygen atoms in total. The van der Waals surface area contributed by atoms with E-state index in [1.54, 1.807) is 12.1 Å². The fraction of sp³-hybridized carbons (Fsp3) is 0.571. The second kappa shape index (κ2) is 6.95. The van der Waals surface area contributed by atoms with E-state index < -0.39 is 5.54 Å². The van der Waals surface area contributed by atoms with E-state index in [1.165, 1.54) is 38.1 Å². The van der Waals surface area contributed by atoms with Gasteiger partial charge in [0.05, 0.1) is 25.2 Å². The van der Waals surface area contributed by atoms with Crippen LogP contribution in [-0.4, -0.2) is 59.8 Å². The van der Waals surface area contributed by atoms with E-state index in [-0.39, 0.29) is 17.9 Å². The van der Waals surface area contributed by atoms with Crippen LogP contribution in [0.15, 0.2) is 36.3 Å². The van der Waals surface area contributed by atoms with Gasteiger partial charge in [0.2, 0.25) is 5.91 Å². The van der Waals surface area contributed by atoms with E-state index in [0.29, 0.717) is 6.54 Å². The van der Waals surface area contributed by atoms with Crippen molar-refractivity contribution in [1.29, 1.82) is 0 Å². The number of benzene rings is 1. The molecule has 3 aliphatic heterocycles. The summed E-state index contributed by atoms with van der Waals surface area (Å²) < 4.78 is 14.5. The maximum absolute atomic E-state index is 13.4. The minimum absolute atomic E-state index is 0.0236. The second-order valence-corrected chi connectivity index (χ2v) is 8.82. The van der Waals surface area contributed by atoms with Gasteiger partial charge >= 0.3 is 0 Å². The smallest absolute Gasteiger partial charge is 0.240 e. The number of amides is 1. The Balaban J connectivity index is 1.63. The van der Waals surface area contributed by atoms with Crippen molar-refractivity contribution in [2.24, 2.45) is 0 Å². The molecule has 2 saturated heterocycles. The van der Waals surface area contributed by atoms with E-state index in [1.807, 2.05) is 13.8 Å². The van der Waals surface area contributed by atoms with Crippen molar-refractivity contribution in [1.82, 2.24) is 15.5 Å². The van der Waals surface area contributed by atoms with Gasteiger partial charge in [0.15, 0.2) is 6.67 Å². The molecule has 28 heavy (non-hydrogen) atoms. The number of anilines is 1. The number of halogens is 1. The fourth-order valence-corrected chi connectivity index (χ4v) is 4.90. The molecule has 1 unspecified atom stereocenters. The molecule has 0 radical (unpaired) electrons. The van der Waals surface area contributed by atoms with E-state index >= 15 is 0 Å². The average molecular weight is 389 g/mol. The number of quaternary nitrogens is 1. The average Bonchev–Trinajstić information content (AvgIpc) is 3.26. The third-order valence-electron chi connectivity index (χ3n) is 6.46. The van der Waals surface area contributed by atoms with Crippen LogP contribution >= 0.6 is 0 Å². The summed E-state index contributed by atoms with van der Waals surface area (Å²) in [7, 11) is 0. The second-order valence-electron chi connectivity index (χ2n) is 8.82. The molecule has 0 spiro atoms. The van der Waals surface area contributed by atoms with E-state index in [9.17, 15) is 9.18 Å². The Hall–Kier alpha value is -2.28. The van der Waals surface area contributed by atoms with Crippen LogP contribution in [0.5, 0.6) is 0 Å². The fourth-order valence-electron chi connectivity index (χ4n) is 4.90. The molecule has 3 heterocycles. The molecule has 0 bridgehead atoms. The third-order valence-corrected chi connectivity index (χ3v) is 6.46. The number of nitrogens with one attached hydrogen (secondary N) is 2. The first-order chi connectivity index (χ1) is 13.3. The normalized spacial score (nSPS) is 25.4. The van der Waals surface area contributed by atoms with Crippen molar-refractivity contribution in [3.63, 3.8) is 0 Å². The number of nitrogens with zero attached hydrogens (tertiary/aromatic N) is 3. The molecule has 7 heteroatoms. The van der Waals surface area contributed by atoms with Gasteiger partial charge in [-0.2, -0.15) is 0 Å². The van der Waals surface area contributed by atoms with Gasteiger partial charge in [-0.15, -0.1) is 0 Å². The molecule has 1 aromatic carbocycles. The topological polar surface area (TPSA) is 47.6 Å². The van der Waals surface area contributed by atoms with Crippen molar-refractivity contribution in [3.05, 3.63) is 42.1 Å². The number of hydrogen-bond donors (Lipinski definition) is 2. The molecule has 0 aromatic heterocycles. The predicted octanol–water partition coefficient (Wildman–Crippen LogP) is 2.16. The monoisotopic (exact) mass is 388 g/mol. The van der Waals surface area contributed by atoms with Crippen LogP contribution in [0.25, 0.3) is 0 Å². The van der Waals surface area contributed by atoms with E-state index in [0.717, 1.165) is 29.2 Å². The number of fused-ring (bicyclic) bond motifs is 1. The minimum atomic E-state index is -0.450. The Morgan fingerprint density at radius 1 is 1.25 bits per heavy atom. The zero-order valence-electron chi connectivity index (χ0n) is 17.0. The van der Waals surface area contributed by atoms with Crippen LogP contribution in [0.4, 0.5) is 10.1 Å². The zero-order valence-corrected chi connectivity index (χ0v) is 17.0. The van der Waals surface area contributed by atoms with Crippen molar-refractivity contribution in [2.45, 2.75) is 45.3 Å². The Bertz CT molecular complexity index is 770. The number of hydrogen-bond acceptors (Lipinski definition) is 4. The number of piperazine rings is 1. The lowest BCUT2D eigenvalue weighted by Gasteiger charge is -2.48. The van der Waals surface area contributed by atoms with Crippen molar-refractivity contribution in [3.8, 4) is 0 Å². The molecule has 1 atom stereocenters. The summed E-state index contributed by atoms with van der Waals surface area (Å²) in [5, 5.41) is 6.76. The first kappa shape index (κ1) is 19.1. The summed E-state index contributed by atoms with van der Waals surface area (Å²) in [6, 6.07) is 6.55. The van der Waals surface area contributed by atoms with Crippen LogP contribution in [0.2, 0.25) is 0 Å². The Kier molecular flexibility index (Phi) is 4.73. The Labute approximate surface area is 166 Å². The highest BCUT2D eigenvalue weighted by Crippen LogP contribution is 2.35. The molecule has 152 valence electrons. The van der Waals surface area contributed by atoms with Crippen molar-refractivity contribution >= 4 is 11.6 Å². The summed E-state index contributed by atoms with van der Waals surface area (Å²) in [6.45, 7) is 11.0.